The van der Waals surface area contributed by atoms with E-state index in [0.29, 0.717) is 55.8 Å². The molecule has 14 heteroatoms. The molecule has 3 N–H and O–H groups in total. The largest absolute Gasteiger partial charge is 0.396 e. The van der Waals surface area contributed by atoms with Crippen LogP contribution in [0.4, 0.5) is 26.4 Å². The average Bonchev–Trinajstić information content (AvgIpc) is 3.32. The molecule has 4 heterocycles. The standard InChI is InChI=1S/C24H29F2N11O/c1-35(2)9-5-8-28-22-29-14-15(27)18(31-22)20-32-23(36-10-12-38-13-11-36)34-24(33-20)37-17-7-4-3-6-16(17)30-21(37)19(25)26/h3-4,6-7,14,19H,5,8-13,27H2,1-2H3,(H,28,29,31). The van der Waals surface area contributed by atoms with E-state index in [4.69, 9.17) is 10.5 Å². The van der Waals surface area contributed by atoms with E-state index in [1.807, 2.05) is 19.0 Å². The molecule has 1 aromatic carbocycles. The Balaban J connectivity index is 1.61. The van der Waals surface area contributed by atoms with Crippen LogP contribution in [0.2, 0.25) is 0 Å². The molecule has 0 amide bonds. The molecule has 1 saturated heterocycles. The Morgan fingerprint density at radius 1 is 1.05 bits per heavy atom. The Kier molecular flexibility index (Phi) is 7.51. The van der Waals surface area contributed by atoms with Crippen molar-refractivity contribution in [3.8, 4) is 17.5 Å². The summed E-state index contributed by atoms with van der Waals surface area (Å²) in [5, 5.41) is 3.19. The van der Waals surface area contributed by atoms with Crippen molar-refractivity contribution in [3.63, 3.8) is 0 Å². The Labute approximate surface area is 217 Å². The number of benzene rings is 1. The lowest BCUT2D eigenvalue weighted by atomic mass is 10.3. The summed E-state index contributed by atoms with van der Waals surface area (Å²) in [7, 11) is 4.01. The highest BCUT2D eigenvalue weighted by Gasteiger charge is 2.25. The second kappa shape index (κ2) is 11.1. The first-order valence-electron chi connectivity index (χ1n) is 12.3. The van der Waals surface area contributed by atoms with Gasteiger partial charge < -0.3 is 25.6 Å². The number of rotatable bonds is 9. The number of hydrogen-bond donors (Lipinski definition) is 2. The highest BCUT2D eigenvalue weighted by atomic mass is 19.3. The minimum absolute atomic E-state index is 0.000929. The molecule has 200 valence electrons. The molecule has 3 aromatic heterocycles. The predicted octanol–water partition coefficient (Wildman–Crippen LogP) is 2.39. The van der Waals surface area contributed by atoms with E-state index in [-0.39, 0.29) is 23.2 Å². The van der Waals surface area contributed by atoms with Crippen LogP contribution in [-0.2, 0) is 4.74 Å². The molecule has 0 spiro atoms. The van der Waals surface area contributed by atoms with Gasteiger partial charge in [-0.25, -0.2) is 23.7 Å². The third-order valence-electron chi connectivity index (χ3n) is 5.98. The number of alkyl halides is 2. The lowest BCUT2D eigenvalue weighted by Gasteiger charge is -2.27. The number of imidazole rings is 1. The van der Waals surface area contributed by atoms with Gasteiger partial charge in [0.25, 0.3) is 6.43 Å². The fourth-order valence-electron chi connectivity index (χ4n) is 4.12. The summed E-state index contributed by atoms with van der Waals surface area (Å²) in [6.07, 6.45) is -0.486. The van der Waals surface area contributed by atoms with E-state index < -0.39 is 12.2 Å². The van der Waals surface area contributed by atoms with Gasteiger partial charge in [0, 0.05) is 19.6 Å². The maximum absolute atomic E-state index is 14.1. The SMILES string of the molecule is CN(C)CCCNc1ncc(N)c(-c2nc(N3CCOCC3)nc(-n3c(C(F)F)nc4ccccc43)n2)n1. The van der Waals surface area contributed by atoms with E-state index >= 15 is 0 Å². The smallest absolute Gasteiger partial charge is 0.296 e. The number of fused-ring (bicyclic) bond motifs is 1. The molecule has 0 unspecified atom stereocenters. The van der Waals surface area contributed by atoms with Crippen molar-refractivity contribution in [2.45, 2.75) is 12.8 Å². The number of nitrogens with zero attached hydrogens (tertiary/aromatic N) is 9. The molecular formula is C24H29F2N11O. The second-order valence-electron chi connectivity index (χ2n) is 9.03. The molecule has 12 nitrogen and oxygen atoms in total. The number of morpholine rings is 1. The van der Waals surface area contributed by atoms with E-state index in [1.165, 1.54) is 10.8 Å². The van der Waals surface area contributed by atoms with Crippen LogP contribution >= 0.6 is 0 Å². The molecule has 38 heavy (non-hydrogen) atoms. The number of aromatic nitrogens is 7. The van der Waals surface area contributed by atoms with Crippen LogP contribution in [0, 0.1) is 0 Å². The molecule has 1 aliphatic heterocycles. The van der Waals surface area contributed by atoms with Crippen molar-refractivity contribution < 1.29 is 13.5 Å². The first-order valence-corrected chi connectivity index (χ1v) is 12.3. The zero-order valence-electron chi connectivity index (χ0n) is 21.2. The number of para-hydroxylation sites is 2. The number of ether oxygens (including phenoxy) is 1. The first-order chi connectivity index (χ1) is 18.4. The second-order valence-corrected chi connectivity index (χ2v) is 9.03. The van der Waals surface area contributed by atoms with Gasteiger partial charge in [-0.05, 0) is 39.2 Å². The molecule has 0 radical (unpaired) electrons. The minimum Gasteiger partial charge on any atom is -0.396 e. The van der Waals surface area contributed by atoms with E-state index in [0.717, 1.165) is 13.0 Å². The number of nitrogen functional groups attached to an aromatic ring is 1. The van der Waals surface area contributed by atoms with Gasteiger partial charge in [-0.3, -0.25) is 4.57 Å². The quantitative estimate of drug-likeness (QED) is 0.312. The summed E-state index contributed by atoms with van der Waals surface area (Å²) in [5.74, 6) is 0.355. The fraction of sp³-hybridized carbons (Fsp3) is 0.417. The topological polar surface area (TPSA) is 136 Å². The monoisotopic (exact) mass is 525 g/mol. The number of nitrogens with two attached hydrogens (primary N) is 1. The van der Waals surface area contributed by atoms with Gasteiger partial charge in [0.15, 0.2) is 11.6 Å². The average molecular weight is 526 g/mol. The lowest BCUT2D eigenvalue weighted by molar-refractivity contribution is 0.122. The van der Waals surface area contributed by atoms with Crippen molar-refractivity contribution in [1.82, 2.24) is 39.4 Å². The highest BCUT2D eigenvalue weighted by molar-refractivity contribution is 5.78. The number of hydrogen-bond acceptors (Lipinski definition) is 11. The van der Waals surface area contributed by atoms with Crippen LogP contribution in [0.5, 0.6) is 0 Å². The summed E-state index contributed by atoms with van der Waals surface area (Å²) in [4.78, 5) is 30.7. The summed E-state index contributed by atoms with van der Waals surface area (Å²) in [5.41, 5.74) is 7.63. The summed E-state index contributed by atoms with van der Waals surface area (Å²) in [6.45, 7) is 3.61. The van der Waals surface area contributed by atoms with Gasteiger partial charge >= 0.3 is 0 Å². The maximum Gasteiger partial charge on any atom is 0.296 e. The van der Waals surface area contributed by atoms with E-state index in [9.17, 15) is 8.78 Å². The van der Waals surface area contributed by atoms with Crippen molar-refractivity contribution in [2.24, 2.45) is 0 Å². The normalized spacial score (nSPS) is 14.1. The van der Waals surface area contributed by atoms with Crippen molar-refractivity contribution in [1.29, 1.82) is 0 Å². The Hall–Kier alpha value is -4.04. The number of nitrogens with one attached hydrogen (secondary N) is 1. The summed E-state index contributed by atoms with van der Waals surface area (Å²) >= 11 is 0. The molecule has 1 aliphatic rings. The Morgan fingerprint density at radius 3 is 2.58 bits per heavy atom. The molecule has 5 rings (SSSR count). The molecule has 1 fully saturated rings. The number of halogens is 2. The van der Waals surface area contributed by atoms with Crippen molar-refractivity contribution in [3.05, 3.63) is 36.3 Å². The highest BCUT2D eigenvalue weighted by Crippen LogP contribution is 2.29. The molecule has 0 atom stereocenters. The van der Waals surface area contributed by atoms with Gasteiger partial charge in [0.2, 0.25) is 17.8 Å². The zero-order chi connectivity index (χ0) is 26.6. The van der Waals surface area contributed by atoms with Gasteiger partial charge in [-0.1, -0.05) is 12.1 Å². The molecule has 0 saturated carbocycles. The van der Waals surface area contributed by atoms with Crippen LogP contribution in [0.1, 0.15) is 18.7 Å². The summed E-state index contributed by atoms with van der Waals surface area (Å²) < 4.78 is 34.9. The van der Waals surface area contributed by atoms with Crippen molar-refractivity contribution in [2.75, 3.05) is 69.4 Å². The third-order valence-corrected chi connectivity index (χ3v) is 5.98. The maximum atomic E-state index is 14.1. The fourth-order valence-corrected chi connectivity index (χ4v) is 4.12. The van der Waals surface area contributed by atoms with Crippen LogP contribution < -0.4 is 16.0 Å². The minimum atomic E-state index is -2.85. The van der Waals surface area contributed by atoms with Gasteiger partial charge in [0.1, 0.15) is 5.69 Å². The predicted molar refractivity (Wildman–Crippen MR) is 140 cm³/mol. The van der Waals surface area contributed by atoms with Gasteiger partial charge in [-0.15, -0.1) is 0 Å². The molecule has 0 aliphatic carbocycles. The Bertz CT molecular complexity index is 1410. The molecule has 4 aromatic rings. The number of anilines is 3. The van der Waals surface area contributed by atoms with Crippen LogP contribution in [0.3, 0.4) is 0 Å². The van der Waals surface area contributed by atoms with Gasteiger partial charge in [0.05, 0.1) is 36.1 Å². The van der Waals surface area contributed by atoms with Gasteiger partial charge in [-0.2, -0.15) is 15.0 Å². The Morgan fingerprint density at radius 2 is 1.82 bits per heavy atom. The molecular weight excluding hydrogens is 496 g/mol. The van der Waals surface area contributed by atoms with E-state index in [2.05, 4.69) is 40.1 Å². The summed E-state index contributed by atoms with van der Waals surface area (Å²) in [6, 6.07) is 6.85. The van der Waals surface area contributed by atoms with Crippen molar-refractivity contribution >= 4 is 28.6 Å². The van der Waals surface area contributed by atoms with Crippen LogP contribution in [-0.4, -0.2) is 92.9 Å². The van der Waals surface area contributed by atoms with Crippen LogP contribution in [0.25, 0.3) is 28.5 Å². The lowest BCUT2D eigenvalue weighted by Crippen LogP contribution is -2.37. The first kappa shape index (κ1) is 25.6. The zero-order valence-corrected chi connectivity index (χ0v) is 21.2. The third kappa shape index (κ3) is 5.45. The van der Waals surface area contributed by atoms with Crippen LogP contribution in [0.15, 0.2) is 30.5 Å². The molecule has 0 bridgehead atoms. The van der Waals surface area contributed by atoms with E-state index in [1.54, 1.807) is 24.3 Å².